The number of rotatable bonds is 7. The van der Waals surface area contributed by atoms with Crippen molar-refractivity contribution < 1.29 is 19.0 Å². The van der Waals surface area contributed by atoms with Crippen LogP contribution in [-0.4, -0.2) is 38.3 Å². The van der Waals surface area contributed by atoms with Gasteiger partial charge in [-0.2, -0.15) is 0 Å². The Morgan fingerprint density at radius 3 is 2.74 bits per heavy atom. The van der Waals surface area contributed by atoms with Crippen LogP contribution < -0.4 is 5.32 Å². The van der Waals surface area contributed by atoms with Crippen LogP contribution in [0.5, 0.6) is 0 Å². The van der Waals surface area contributed by atoms with Gasteiger partial charge in [-0.05, 0) is 12.1 Å². The fourth-order valence-electron chi connectivity index (χ4n) is 1.43. The van der Waals surface area contributed by atoms with Crippen molar-refractivity contribution in [2.45, 2.75) is 6.92 Å². The van der Waals surface area contributed by atoms with Crippen molar-refractivity contribution in [2.24, 2.45) is 0 Å². The normalized spacial score (nSPS) is 11.8. The molecule has 0 fully saturated rings. The minimum absolute atomic E-state index is 0.369. The second-order valence-electron chi connectivity index (χ2n) is 3.65. The summed E-state index contributed by atoms with van der Waals surface area (Å²) < 4.78 is 11.2. The van der Waals surface area contributed by atoms with E-state index in [0.29, 0.717) is 23.7 Å². The average molecular weight is 286 g/mol. The number of nitro groups is 1. The number of hydrogen-bond acceptors (Lipinski definition) is 5. The van der Waals surface area contributed by atoms with Gasteiger partial charge in [0.05, 0.1) is 4.92 Å². The van der Waals surface area contributed by atoms with Gasteiger partial charge in [0.1, 0.15) is 5.56 Å². The molecule has 0 aliphatic heterocycles. The molecule has 0 aliphatic rings. The van der Waals surface area contributed by atoms with Gasteiger partial charge in [0.2, 0.25) is 0 Å². The first kappa shape index (κ1) is 15.1. The Balaban J connectivity index is 2.81. The highest BCUT2D eigenvalue weighted by atomic mass is 32.2. The van der Waals surface area contributed by atoms with Crippen molar-refractivity contribution in [3.05, 3.63) is 33.9 Å². The Morgan fingerprint density at radius 1 is 1.53 bits per heavy atom. The number of aromatic carboxylic acids is 1. The molecule has 1 aromatic carbocycles. The third-order valence-corrected chi connectivity index (χ3v) is 3.71. The Bertz CT molecular complexity index is 518. The summed E-state index contributed by atoms with van der Waals surface area (Å²) in [6.45, 7) is 2.22. The minimum atomic E-state index is -1.35. The summed E-state index contributed by atoms with van der Waals surface area (Å²) in [4.78, 5) is 20.9. The van der Waals surface area contributed by atoms with Crippen LogP contribution in [0.2, 0.25) is 0 Å². The number of carboxylic acid groups (broad SMARTS) is 1. The molecule has 0 radical (unpaired) electrons. The van der Waals surface area contributed by atoms with E-state index in [-0.39, 0.29) is 5.56 Å². The summed E-state index contributed by atoms with van der Waals surface area (Å²) in [7, 11) is -0.914. The van der Waals surface area contributed by atoms with E-state index in [1.807, 2.05) is 6.92 Å². The molecule has 0 amide bonds. The minimum Gasteiger partial charge on any atom is -0.477 e. The van der Waals surface area contributed by atoms with Gasteiger partial charge in [-0.25, -0.2) is 4.79 Å². The number of carboxylic acids is 1. The van der Waals surface area contributed by atoms with Crippen LogP contribution in [0.25, 0.3) is 0 Å². The van der Waals surface area contributed by atoms with Crippen molar-refractivity contribution in [2.75, 3.05) is 23.4 Å². The van der Waals surface area contributed by atoms with Gasteiger partial charge in [-0.1, -0.05) is 6.92 Å². The molecular weight excluding hydrogens is 272 g/mol. The number of hydrogen-bond donors (Lipinski definition) is 2. The van der Waals surface area contributed by atoms with Gasteiger partial charge >= 0.3 is 5.97 Å². The molecule has 0 heterocycles. The van der Waals surface area contributed by atoms with Crippen LogP contribution in [0.15, 0.2) is 18.2 Å². The van der Waals surface area contributed by atoms with E-state index in [0.717, 1.165) is 6.07 Å². The lowest BCUT2D eigenvalue weighted by Crippen LogP contribution is -2.12. The van der Waals surface area contributed by atoms with Crippen molar-refractivity contribution >= 4 is 28.1 Å². The molecule has 1 atom stereocenters. The third kappa shape index (κ3) is 4.32. The van der Waals surface area contributed by atoms with Crippen molar-refractivity contribution in [1.29, 1.82) is 0 Å². The van der Waals surface area contributed by atoms with Crippen LogP contribution >= 0.6 is 0 Å². The lowest BCUT2D eigenvalue weighted by molar-refractivity contribution is -0.385. The van der Waals surface area contributed by atoms with Gasteiger partial charge in [-0.3, -0.25) is 14.3 Å². The highest BCUT2D eigenvalue weighted by molar-refractivity contribution is 7.84. The summed E-state index contributed by atoms with van der Waals surface area (Å²) in [6, 6.07) is 3.78. The van der Waals surface area contributed by atoms with E-state index in [9.17, 15) is 19.1 Å². The summed E-state index contributed by atoms with van der Waals surface area (Å²) >= 11 is 0. The zero-order valence-electron chi connectivity index (χ0n) is 10.3. The number of anilines is 1. The highest BCUT2D eigenvalue weighted by Crippen LogP contribution is 2.22. The lowest BCUT2D eigenvalue weighted by Gasteiger charge is -2.07. The first-order chi connectivity index (χ1) is 8.95. The first-order valence-corrected chi connectivity index (χ1v) is 7.05. The van der Waals surface area contributed by atoms with Gasteiger partial charge in [0, 0.05) is 40.6 Å². The van der Waals surface area contributed by atoms with Gasteiger partial charge < -0.3 is 10.4 Å². The van der Waals surface area contributed by atoms with Crippen molar-refractivity contribution in [3.63, 3.8) is 0 Å². The quantitative estimate of drug-likeness (QED) is 0.580. The van der Waals surface area contributed by atoms with Gasteiger partial charge in [0.25, 0.3) is 5.69 Å². The summed E-state index contributed by atoms with van der Waals surface area (Å²) in [5.74, 6) is -0.356. The predicted molar refractivity (Wildman–Crippen MR) is 72.1 cm³/mol. The lowest BCUT2D eigenvalue weighted by atomic mass is 10.1. The molecule has 104 valence electrons. The van der Waals surface area contributed by atoms with Crippen molar-refractivity contribution in [3.8, 4) is 0 Å². The van der Waals surface area contributed by atoms with Crippen LogP contribution in [-0.2, 0) is 10.8 Å². The molecule has 0 aliphatic carbocycles. The molecule has 0 aromatic heterocycles. The first-order valence-electron chi connectivity index (χ1n) is 5.56. The van der Waals surface area contributed by atoms with Crippen LogP contribution in [0.3, 0.4) is 0 Å². The van der Waals surface area contributed by atoms with Crippen LogP contribution in [0.4, 0.5) is 11.4 Å². The Labute approximate surface area is 112 Å². The molecule has 1 rings (SSSR count). The van der Waals surface area contributed by atoms with E-state index >= 15 is 0 Å². The molecule has 0 spiro atoms. The summed E-state index contributed by atoms with van der Waals surface area (Å²) in [5, 5.41) is 22.5. The van der Waals surface area contributed by atoms with Gasteiger partial charge in [-0.15, -0.1) is 0 Å². The van der Waals surface area contributed by atoms with Crippen molar-refractivity contribution in [1.82, 2.24) is 0 Å². The summed E-state index contributed by atoms with van der Waals surface area (Å²) in [6.07, 6.45) is 0. The molecular formula is C11H14N2O5S. The van der Waals surface area contributed by atoms with E-state index in [2.05, 4.69) is 5.32 Å². The zero-order valence-corrected chi connectivity index (χ0v) is 11.1. The van der Waals surface area contributed by atoms with E-state index in [1.54, 1.807) is 0 Å². The molecule has 0 bridgehead atoms. The number of carbonyl (C=O) groups is 1. The SMILES string of the molecule is CCS(=O)CCNc1ccc([N+](=O)[O-])c(C(=O)O)c1. The molecule has 7 nitrogen and oxygen atoms in total. The Hall–Kier alpha value is -1.96. The van der Waals surface area contributed by atoms with Crippen LogP contribution in [0.1, 0.15) is 17.3 Å². The maximum atomic E-state index is 11.2. The van der Waals surface area contributed by atoms with E-state index < -0.39 is 27.4 Å². The number of nitrogens with one attached hydrogen (secondary N) is 1. The second kappa shape index (κ2) is 6.83. The largest absolute Gasteiger partial charge is 0.477 e. The highest BCUT2D eigenvalue weighted by Gasteiger charge is 2.19. The molecule has 0 saturated carbocycles. The Morgan fingerprint density at radius 2 is 2.21 bits per heavy atom. The molecule has 19 heavy (non-hydrogen) atoms. The average Bonchev–Trinajstić information content (AvgIpc) is 2.38. The monoisotopic (exact) mass is 286 g/mol. The second-order valence-corrected chi connectivity index (χ2v) is 5.52. The standard InChI is InChI=1S/C11H14N2O5S/c1-2-19(18)6-5-12-8-3-4-10(13(16)17)9(7-8)11(14)15/h3-4,7,12H,2,5-6H2,1H3,(H,14,15). The summed E-state index contributed by atoms with van der Waals surface area (Å²) in [5.41, 5.74) is -0.363. The molecule has 8 heteroatoms. The number of benzene rings is 1. The molecule has 0 saturated heterocycles. The zero-order chi connectivity index (χ0) is 14.4. The smallest absolute Gasteiger partial charge is 0.342 e. The van der Waals surface area contributed by atoms with E-state index in [4.69, 9.17) is 5.11 Å². The number of nitrogens with zero attached hydrogens (tertiary/aromatic N) is 1. The topological polar surface area (TPSA) is 110 Å². The van der Waals surface area contributed by atoms with E-state index in [1.165, 1.54) is 12.1 Å². The van der Waals surface area contributed by atoms with Crippen LogP contribution in [0, 0.1) is 10.1 Å². The molecule has 2 N–H and O–H groups in total. The fourth-order valence-corrected chi connectivity index (χ4v) is 2.05. The molecule has 1 unspecified atom stereocenters. The third-order valence-electron chi connectivity index (χ3n) is 2.40. The molecule has 1 aromatic rings. The maximum Gasteiger partial charge on any atom is 0.342 e. The Kier molecular flexibility index (Phi) is 5.43. The fraction of sp³-hybridized carbons (Fsp3) is 0.364. The number of nitro benzene ring substituents is 1. The predicted octanol–water partition coefficient (Wildman–Crippen LogP) is 1.47. The maximum absolute atomic E-state index is 11.2. The van der Waals surface area contributed by atoms with Gasteiger partial charge in [0.15, 0.2) is 0 Å².